The highest BCUT2D eigenvalue weighted by Gasteiger charge is 2.36. The highest BCUT2D eigenvalue weighted by molar-refractivity contribution is 5.94. The van der Waals surface area contributed by atoms with Crippen LogP contribution in [-0.2, 0) is 5.41 Å². The van der Waals surface area contributed by atoms with Gasteiger partial charge in [-0.3, -0.25) is 4.79 Å². The summed E-state index contributed by atoms with van der Waals surface area (Å²) in [4.78, 5) is 12.8. The first-order valence-corrected chi connectivity index (χ1v) is 10.4. The third kappa shape index (κ3) is 4.48. The summed E-state index contributed by atoms with van der Waals surface area (Å²) in [5.74, 6) is 2.29. The quantitative estimate of drug-likeness (QED) is 0.550. The van der Waals surface area contributed by atoms with Crippen LogP contribution >= 0.6 is 0 Å². The predicted octanol–water partition coefficient (Wildman–Crippen LogP) is 5.73. The van der Waals surface area contributed by atoms with Crippen LogP contribution in [0.25, 0.3) is 0 Å². The number of hydrogen-bond donors (Lipinski definition) is 1. The minimum atomic E-state index is -0.0546. The van der Waals surface area contributed by atoms with Crippen molar-refractivity contribution in [1.29, 1.82) is 0 Å². The fourth-order valence-corrected chi connectivity index (χ4v) is 4.21. The second kappa shape index (κ2) is 9.04. The smallest absolute Gasteiger partial charge is 0.251 e. The lowest BCUT2D eigenvalue weighted by Gasteiger charge is -2.30. The summed E-state index contributed by atoms with van der Waals surface area (Å²) in [5, 5.41) is 3.17. The van der Waals surface area contributed by atoms with Gasteiger partial charge < -0.3 is 14.8 Å². The van der Waals surface area contributed by atoms with Crippen molar-refractivity contribution >= 4 is 5.91 Å². The number of amides is 1. The number of methoxy groups -OCH3 is 1. The molecule has 0 aliphatic heterocycles. The van der Waals surface area contributed by atoms with Gasteiger partial charge >= 0.3 is 0 Å². The maximum atomic E-state index is 12.8. The molecule has 0 atom stereocenters. The molecule has 4 nitrogen and oxygen atoms in total. The highest BCUT2D eigenvalue weighted by atomic mass is 16.5. The minimum absolute atomic E-state index is 0.00169. The first-order chi connectivity index (χ1) is 14.7. The van der Waals surface area contributed by atoms with Crippen molar-refractivity contribution in [3.8, 4) is 17.2 Å². The molecule has 0 spiro atoms. The monoisotopic (exact) mass is 401 g/mol. The maximum Gasteiger partial charge on any atom is 0.251 e. The Morgan fingerprint density at radius 3 is 2.07 bits per heavy atom. The van der Waals surface area contributed by atoms with Crippen LogP contribution in [-0.4, -0.2) is 19.6 Å². The zero-order valence-corrected chi connectivity index (χ0v) is 17.3. The minimum Gasteiger partial charge on any atom is -0.497 e. The summed E-state index contributed by atoms with van der Waals surface area (Å²) in [5.41, 5.74) is 1.91. The zero-order chi connectivity index (χ0) is 20.8. The number of hydrogen-bond acceptors (Lipinski definition) is 3. The maximum absolute atomic E-state index is 12.8. The van der Waals surface area contributed by atoms with E-state index in [1.54, 1.807) is 7.11 Å². The van der Waals surface area contributed by atoms with Gasteiger partial charge in [-0.1, -0.05) is 43.2 Å². The molecule has 3 aromatic carbocycles. The molecule has 0 aromatic heterocycles. The largest absolute Gasteiger partial charge is 0.497 e. The molecule has 0 saturated heterocycles. The van der Waals surface area contributed by atoms with E-state index >= 15 is 0 Å². The third-order valence-electron chi connectivity index (χ3n) is 5.95. The molecular formula is C26H27NO3. The number of benzene rings is 3. The third-order valence-corrected chi connectivity index (χ3v) is 5.95. The first-order valence-electron chi connectivity index (χ1n) is 10.4. The van der Waals surface area contributed by atoms with Crippen molar-refractivity contribution in [2.75, 3.05) is 13.7 Å². The second-order valence-corrected chi connectivity index (χ2v) is 7.84. The number of para-hydroxylation sites is 1. The summed E-state index contributed by atoms with van der Waals surface area (Å²) in [6.45, 7) is 0.639. The van der Waals surface area contributed by atoms with Crippen molar-refractivity contribution < 1.29 is 14.3 Å². The number of carbonyl (C=O) groups is 1. The lowest BCUT2D eigenvalue weighted by Crippen LogP contribution is -2.39. The van der Waals surface area contributed by atoms with Crippen molar-refractivity contribution in [2.45, 2.75) is 31.1 Å². The molecule has 0 heterocycles. The van der Waals surface area contributed by atoms with Crippen LogP contribution in [0.1, 0.15) is 41.6 Å². The Morgan fingerprint density at radius 2 is 1.43 bits per heavy atom. The van der Waals surface area contributed by atoms with E-state index in [-0.39, 0.29) is 11.3 Å². The van der Waals surface area contributed by atoms with E-state index in [4.69, 9.17) is 9.47 Å². The van der Waals surface area contributed by atoms with E-state index in [0.29, 0.717) is 17.9 Å². The van der Waals surface area contributed by atoms with Gasteiger partial charge in [0.2, 0.25) is 0 Å². The summed E-state index contributed by atoms with van der Waals surface area (Å²) >= 11 is 0. The number of ether oxygens (including phenoxy) is 2. The predicted molar refractivity (Wildman–Crippen MR) is 118 cm³/mol. The molecule has 3 aromatic rings. The average Bonchev–Trinajstić information content (AvgIpc) is 3.29. The lowest BCUT2D eigenvalue weighted by atomic mass is 9.78. The lowest BCUT2D eigenvalue weighted by molar-refractivity contribution is 0.0943. The van der Waals surface area contributed by atoms with Crippen LogP contribution in [0.5, 0.6) is 17.2 Å². The average molecular weight is 402 g/mol. The fourth-order valence-electron chi connectivity index (χ4n) is 4.21. The van der Waals surface area contributed by atoms with Crippen LogP contribution < -0.4 is 14.8 Å². The van der Waals surface area contributed by atoms with E-state index in [1.165, 1.54) is 18.4 Å². The summed E-state index contributed by atoms with van der Waals surface area (Å²) in [6.07, 6.45) is 4.55. The molecule has 1 aliphatic rings. The molecule has 4 heteroatoms. The van der Waals surface area contributed by atoms with Crippen molar-refractivity contribution in [3.63, 3.8) is 0 Å². The second-order valence-electron chi connectivity index (χ2n) is 7.84. The van der Waals surface area contributed by atoms with Gasteiger partial charge in [0.1, 0.15) is 17.2 Å². The van der Waals surface area contributed by atoms with E-state index in [2.05, 4.69) is 17.4 Å². The van der Waals surface area contributed by atoms with Gasteiger partial charge in [-0.2, -0.15) is 0 Å². The first kappa shape index (κ1) is 20.0. The van der Waals surface area contributed by atoms with E-state index in [9.17, 15) is 4.79 Å². The topological polar surface area (TPSA) is 47.6 Å². The van der Waals surface area contributed by atoms with Crippen LogP contribution in [0.4, 0.5) is 0 Å². The Labute approximate surface area is 177 Å². The van der Waals surface area contributed by atoms with Crippen molar-refractivity contribution in [3.05, 3.63) is 90.0 Å². The molecule has 30 heavy (non-hydrogen) atoms. The van der Waals surface area contributed by atoms with E-state index in [0.717, 1.165) is 24.3 Å². The van der Waals surface area contributed by atoms with Crippen LogP contribution in [0.2, 0.25) is 0 Å². The molecule has 1 aliphatic carbocycles. The number of nitrogens with one attached hydrogen (secondary N) is 1. The highest BCUT2D eigenvalue weighted by Crippen LogP contribution is 2.41. The van der Waals surface area contributed by atoms with Gasteiger partial charge in [-0.05, 0) is 66.9 Å². The Kier molecular flexibility index (Phi) is 6.03. The summed E-state index contributed by atoms with van der Waals surface area (Å²) < 4.78 is 11.1. The molecule has 1 fully saturated rings. The summed E-state index contributed by atoms with van der Waals surface area (Å²) in [7, 11) is 1.68. The van der Waals surface area contributed by atoms with Gasteiger partial charge in [-0.15, -0.1) is 0 Å². The van der Waals surface area contributed by atoms with Crippen LogP contribution in [0.15, 0.2) is 78.9 Å². The van der Waals surface area contributed by atoms with Gasteiger partial charge in [0.25, 0.3) is 5.91 Å². The van der Waals surface area contributed by atoms with Crippen molar-refractivity contribution in [2.24, 2.45) is 0 Å². The number of rotatable bonds is 7. The molecule has 1 amide bonds. The normalized spacial score (nSPS) is 14.8. The Hall–Kier alpha value is -3.27. The molecule has 0 unspecified atom stereocenters. The zero-order valence-electron chi connectivity index (χ0n) is 17.3. The van der Waals surface area contributed by atoms with E-state index < -0.39 is 0 Å². The molecular weight excluding hydrogens is 374 g/mol. The summed E-state index contributed by atoms with van der Waals surface area (Å²) in [6, 6.07) is 25.2. The fraction of sp³-hybridized carbons (Fsp3) is 0.269. The van der Waals surface area contributed by atoms with Gasteiger partial charge in [0.15, 0.2) is 0 Å². The SMILES string of the molecule is COc1ccc(C2(CNC(=O)c3ccc(Oc4ccccc4)cc3)CCCC2)cc1. The molecule has 4 rings (SSSR count). The Morgan fingerprint density at radius 1 is 0.833 bits per heavy atom. The Balaban J connectivity index is 1.41. The molecule has 0 radical (unpaired) electrons. The van der Waals surface area contributed by atoms with Gasteiger partial charge in [0, 0.05) is 17.5 Å². The van der Waals surface area contributed by atoms with Gasteiger partial charge in [-0.25, -0.2) is 0 Å². The molecule has 154 valence electrons. The molecule has 0 bridgehead atoms. The molecule has 1 saturated carbocycles. The van der Waals surface area contributed by atoms with Crippen molar-refractivity contribution in [1.82, 2.24) is 5.32 Å². The van der Waals surface area contributed by atoms with Crippen LogP contribution in [0, 0.1) is 0 Å². The number of carbonyl (C=O) groups excluding carboxylic acids is 1. The standard InChI is InChI=1S/C26H27NO3/c1-29-22-15-11-21(12-16-22)26(17-5-6-18-26)19-27-25(28)20-9-13-24(14-10-20)30-23-7-3-2-4-8-23/h2-4,7-16H,5-6,17-19H2,1H3,(H,27,28). The molecule has 1 N–H and O–H groups in total. The van der Waals surface area contributed by atoms with E-state index in [1.807, 2.05) is 66.7 Å². The van der Waals surface area contributed by atoms with Gasteiger partial charge in [0.05, 0.1) is 7.11 Å². The Bertz CT molecular complexity index is 959. The van der Waals surface area contributed by atoms with Crippen LogP contribution in [0.3, 0.4) is 0 Å².